The van der Waals surface area contributed by atoms with Gasteiger partial charge in [-0.15, -0.1) is 0 Å². The van der Waals surface area contributed by atoms with Gasteiger partial charge in [-0.25, -0.2) is 4.39 Å². The zero-order chi connectivity index (χ0) is 10.7. The molecule has 1 nitrogen and oxygen atoms in total. The van der Waals surface area contributed by atoms with Crippen molar-refractivity contribution in [2.75, 3.05) is 0 Å². The fraction of sp³-hybridized carbons (Fsp3) is 0. The monoisotopic (exact) mass is 197 g/mol. The van der Waals surface area contributed by atoms with E-state index in [9.17, 15) is 4.39 Å². The van der Waals surface area contributed by atoms with Crippen LogP contribution in [0.15, 0.2) is 48.5 Å². The Morgan fingerprint density at radius 1 is 0.933 bits per heavy atom. The molecule has 2 rings (SSSR count). The molecule has 0 heterocycles. The number of benzene rings is 2. The fourth-order valence-corrected chi connectivity index (χ4v) is 1.41. The third kappa shape index (κ3) is 2.03. The highest BCUT2D eigenvalue weighted by atomic mass is 19.1. The molecular weight excluding hydrogens is 189 g/mol. The number of hydrogen-bond donors (Lipinski definition) is 0. The SMILES string of the molecule is N#Cc1ccc(-c2cccc(F)c2)cc1. The van der Waals surface area contributed by atoms with Gasteiger partial charge in [0.1, 0.15) is 5.82 Å². The van der Waals surface area contributed by atoms with Gasteiger partial charge in [0.2, 0.25) is 0 Å². The van der Waals surface area contributed by atoms with E-state index < -0.39 is 0 Å². The molecule has 0 aliphatic heterocycles. The Morgan fingerprint density at radius 3 is 2.27 bits per heavy atom. The van der Waals surface area contributed by atoms with Gasteiger partial charge in [-0.1, -0.05) is 24.3 Å². The lowest BCUT2D eigenvalue weighted by Crippen LogP contribution is -1.80. The Morgan fingerprint density at radius 2 is 1.67 bits per heavy atom. The minimum Gasteiger partial charge on any atom is -0.207 e. The molecule has 0 atom stereocenters. The predicted octanol–water partition coefficient (Wildman–Crippen LogP) is 3.36. The van der Waals surface area contributed by atoms with Gasteiger partial charge in [-0.05, 0) is 35.4 Å². The Labute approximate surface area is 87.4 Å². The molecule has 0 spiro atoms. The van der Waals surface area contributed by atoms with Crippen LogP contribution >= 0.6 is 0 Å². The van der Waals surface area contributed by atoms with E-state index in [1.165, 1.54) is 12.1 Å². The zero-order valence-electron chi connectivity index (χ0n) is 7.94. The van der Waals surface area contributed by atoms with E-state index in [1.54, 1.807) is 18.2 Å². The summed E-state index contributed by atoms with van der Waals surface area (Å²) in [6, 6.07) is 15.5. The number of rotatable bonds is 1. The summed E-state index contributed by atoms with van der Waals surface area (Å²) in [5.74, 6) is -0.253. The van der Waals surface area contributed by atoms with Crippen LogP contribution in [-0.4, -0.2) is 0 Å². The quantitative estimate of drug-likeness (QED) is 0.687. The lowest BCUT2D eigenvalue weighted by Gasteiger charge is -2.01. The second kappa shape index (κ2) is 3.93. The summed E-state index contributed by atoms with van der Waals surface area (Å²) >= 11 is 0. The highest BCUT2D eigenvalue weighted by Gasteiger charge is 1.98. The number of hydrogen-bond acceptors (Lipinski definition) is 1. The molecule has 0 fully saturated rings. The van der Waals surface area contributed by atoms with E-state index in [0.29, 0.717) is 5.56 Å². The lowest BCUT2D eigenvalue weighted by molar-refractivity contribution is 0.628. The summed E-state index contributed by atoms with van der Waals surface area (Å²) in [7, 11) is 0. The van der Waals surface area contributed by atoms with Gasteiger partial charge in [0.15, 0.2) is 0 Å². The predicted molar refractivity (Wildman–Crippen MR) is 56.6 cm³/mol. The maximum Gasteiger partial charge on any atom is 0.123 e. The molecule has 2 aromatic carbocycles. The second-order valence-electron chi connectivity index (χ2n) is 3.20. The van der Waals surface area contributed by atoms with Crippen LogP contribution in [0, 0.1) is 17.1 Å². The molecule has 2 heteroatoms. The van der Waals surface area contributed by atoms with Crippen molar-refractivity contribution in [3.05, 3.63) is 59.9 Å². The van der Waals surface area contributed by atoms with E-state index in [1.807, 2.05) is 24.3 Å². The van der Waals surface area contributed by atoms with Crippen molar-refractivity contribution < 1.29 is 4.39 Å². The summed E-state index contributed by atoms with van der Waals surface area (Å²) in [5, 5.41) is 8.63. The van der Waals surface area contributed by atoms with Crippen LogP contribution < -0.4 is 0 Å². The van der Waals surface area contributed by atoms with Crippen LogP contribution in [0.1, 0.15) is 5.56 Å². The molecule has 0 saturated carbocycles. The fourth-order valence-electron chi connectivity index (χ4n) is 1.41. The van der Waals surface area contributed by atoms with Gasteiger partial charge in [-0.3, -0.25) is 0 Å². The molecule has 0 amide bonds. The van der Waals surface area contributed by atoms with Crippen molar-refractivity contribution in [2.45, 2.75) is 0 Å². The molecule has 0 N–H and O–H groups in total. The molecule has 0 aliphatic rings. The van der Waals surface area contributed by atoms with E-state index in [4.69, 9.17) is 5.26 Å². The number of nitrogens with zero attached hydrogens (tertiary/aromatic N) is 1. The van der Waals surface area contributed by atoms with E-state index in [0.717, 1.165) is 11.1 Å². The van der Waals surface area contributed by atoms with E-state index in [2.05, 4.69) is 0 Å². The summed E-state index contributed by atoms with van der Waals surface area (Å²) in [6.45, 7) is 0. The Hall–Kier alpha value is -2.14. The van der Waals surface area contributed by atoms with Gasteiger partial charge in [-0.2, -0.15) is 5.26 Å². The van der Waals surface area contributed by atoms with Gasteiger partial charge in [0.05, 0.1) is 11.6 Å². The molecule has 0 radical (unpaired) electrons. The van der Waals surface area contributed by atoms with Crippen LogP contribution in [0.25, 0.3) is 11.1 Å². The molecule has 0 unspecified atom stereocenters. The van der Waals surface area contributed by atoms with Crippen molar-refractivity contribution in [3.63, 3.8) is 0 Å². The van der Waals surface area contributed by atoms with Crippen LogP contribution in [0.2, 0.25) is 0 Å². The molecule has 0 saturated heterocycles. The maximum absolute atomic E-state index is 12.9. The van der Waals surface area contributed by atoms with Crippen molar-refractivity contribution in [2.24, 2.45) is 0 Å². The molecule has 2 aromatic rings. The second-order valence-corrected chi connectivity index (χ2v) is 3.20. The molecule has 72 valence electrons. The van der Waals surface area contributed by atoms with Crippen LogP contribution in [0.3, 0.4) is 0 Å². The average Bonchev–Trinajstić information content (AvgIpc) is 2.29. The topological polar surface area (TPSA) is 23.8 Å². The van der Waals surface area contributed by atoms with Crippen molar-refractivity contribution in [3.8, 4) is 17.2 Å². The Bertz CT molecular complexity index is 509. The minimum atomic E-state index is -0.253. The van der Waals surface area contributed by atoms with Crippen LogP contribution in [0.4, 0.5) is 4.39 Å². The van der Waals surface area contributed by atoms with Gasteiger partial charge >= 0.3 is 0 Å². The highest BCUT2D eigenvalue weighted by Crippen LogP contribution is 2.20. The van der Waals surface area contributed by atoms with Gasteiger partial charge in [0.25, 0.3) is 0 Å². The Balaban J connectivity index is 2.42. The number of halogens is 1. The summed E-state index contributed by atoms with van der Waals surface area (Å²) in [5.41, 5.74) is 2.34. The first-order valence-corrected chi connectivity index (χ1v) is 4.56. The third-order valence-corrected chi connectivity index (χ3v) is 2.17. The lowest BCUT2D eigenvalue weighted by atomic mass is 10.0. The van der Waals surface area contributed by atoms with Crippen molar-refractivity contribution in [1.29, 1.82) is 5.26 Å². The first kappa shape index (κ1) is 9.42. The minimum absolute atomic E-state index is 0.253. The summed E-state index contributed by atoms with van der Waals surface area (Å²) < 4.78 is 12.9. The summed E-state index contributed by atoms with van der Waals surface area (Å²) in [4.78, 5) is 0. The molecular formula is C13H8FN. The van der Waals surface area contributed by atoms with Gasteiger partial charge < -0.3 is 0 Å². The highest BCUT2D eigenvalue weighted by molar-refractivity contribution is 5.64. The van der Waals surface area contributed by atoms with Crippen molar-refractivity contribution >= 4 is 0 Å². The van der Waals surface area contributed by atoms with Crippen LogP contribution in [-0.2, 0) is 0 Å². The summed E-state index contributed by atoms with van der Waals surface area (Å²) in [6.07, 6.45) is 0. The van der Waals surface area contributed by atoms with E-state index >= 15 is 0 Å². The Kier molecular flexibility index (Phi) is 2.47. The zero-order valence-corrected chi connectivity index (χ0v) is 7.94. The van der Waals surface area contributed by atoms with E-state index in [-0.39, 0.29) is 5.82 Å². The van der Waals surface area contributed by atoms with Gasteiger partial charge in [0, 0.05) is 0 Å². The average molecular weight is 197 g/mol. The maximum atomic E-state index is 12.9. The number of nitriles is 1. The molecule has 15 heavy (non-hydrogen) atoms. The smallest absolute Gasteiger partial charge is 0.123 e. The third-order valence-electron chi connectivity index (χ3n) is 2.17. The molecule has 0 aliphatic carbocycles. The first-order valence-electron chi connectivity index (χ1n) is 4.56. The van der Waals surface area contributed by atoms with Crippen LogP contribution in [0.5, 0.6) is 0 Å². The van der Waals surface area contributed by atoms with Crippen molar-refractivity contribution in [1.82, 2.24) is 0 Å². The standard InChI is InChI=1S/C13H8FN/c14-13-3-1-2-12(8-13)11-6-4-10(9-15)5-7-11/h1-8H. The molecule has 0 bridgehead atoms. The normalized spacial score (nSPS) is 9.60. The largest absolute Gasteiger partial charge is 0.207 e. The first-order chi connectivity index (χ1) is 7.29. The molecule has 0 aromatic heterocycles.